The van der Waals surface area contributed by atoms with Crippen molar-refractivity contribution in [3.8, 4) is 0 Å². The lowest BCUT2D eigenvalue weighted by molar-refractivity contribution is 0.108. The summed E-state index contributed by atoms with van der Waals surface area (Å²) in [4.78, 5) is 10.9. The molecule has 1 rings (SSSR count). The Bertz CT molecular complexity index is 353. The lowest BCUT2D eigenvalue weighted by atomic mass is 10.1. The van der Waals surface area contributed by atoms with Crippen LogP contribution in [0.2, 0.25) is 0 Å². The maximum absolute atomic E-state index is 10.9. The van der Waals surface area contributed by atoms with Crippen molar-refractivity contribution in [2.24, 2.45) is 0 Å². The highest BCUT2D eigenvalue weighted by atomic mass is 35.5. The first-order valence-corrected chi connectivity index (χ1v) is 4.21. The maximum atomic E-state index is 10.9. The van der Waals surface area contributed by atoms with Crippen LogP contribution in [0.15, 0.2) is 43.0 Å². The Morgan fingerprint density at radius 1 is 1.38 bits per heavy atom. The number of hydrogen-bond acceptors (Lipinski definition) is 1. The van der Waals surface area contributed by atoms with Crippen molar-refractivity contribution >= 4 is 22.9 Å². The fraction of sp³-hybridized carbons (Fsp3) is 0. The molecule has 0 aliphatic heterocycles. The van der Waals surface area contributed by atoms with Crippen LogP contribution in [0.5, 0.6) is 0 Å². The highest BCUT2D eigenvalue weighted by Crippen LogP contribution is 2.12. The number of hydrogen-bond donors (Lipinski definition) is 0. The van der Waals surface area contributed by atoms with Crippen molar-refractivity contribution < 1.29 is 4.79 Å². The van der Waals surface area contributed by atoms with E-state index in [9.17, 15) is 4.79 Å². The lowest BCUT2D eigenvalue weighted by Gasteiger charge is -1.98. The highest BCUT2D eigenvalue weighted by Gasteiger charge is 2.04. The summed E-state index contributed by atoms with van der Waals surface area (Å²) in [6.07, 6.45) is 5.21. The summed E-state index contributed by atoms with van der Waals surface area (Å²) in [5.74, 6) is 0. The largest absolute Gasteiger partial charge is 0.276 e. The molecule has 0 unspecified atom stereocenters. The van der Waals surface area contributed by atoms with Crippen molar-refractivity contribution in [3.05, 3.63) is 54.1 Å². The smallest absolute Gasteiger partial charge is 0.252 e. The molecule has 0 spiro atoms. The molecule has 0 amide bonds. The number of allylic oxidation sites excluding steroid dienone is 2. The van der Waals surface area contributed by atoms with E-state index in [2.05, 4.69) is 6.58 Å². The van der Waals surface area contributed by atoms with E-state index in [0.717, 1.165) is 5.56 Å². The molecule has 0 bridgehead atoms. The minimum Gasteiger partial charge on any atom is -0.276 e. The van der Waals surface area contributed by atoms with Gasteiger partial charge < -0.3 is 0 Å². The Labute approximate surface area is 82.3 Å². The molecular formula is C11H9ClO. The van der Waals surface area contributed by atoms with E-state index < -0.39 is 5.24 Å². The van der Waals surface area contributed by atoms with Gasteiger partial charge in [-0.05, 0) is 23.2 Å². The van der Waals surface area contributed by atoms with Crippen molar-refractivity contribution in [1.29, 1.82) is 0 Å². The number of rotatable bonds is 3. The number of carbonyl (C=O) groups excluding carboxylic acids is 1. The van der Waals surface area contributed by atoms with Crippen molar-refractivity contribution in [1.82, 2.24) is 0 Å². The molecule has 66 valence electrons. The monoisotopic (exact) mass is 192 g/mol. The molecule has 1 aromatic carbocycles. The van der Waals surface area contributed by atoms with Gasteiger partial charge in [0.25, 0.3) is 5.24 Å². The standard InChI is InChI=1S/C11H9ClO/c1-2-3-6-9-7-4-5-8-10(9)11(12)13/h2-8H,1H2/b6-3+. The predicted octanol–water partition coefficient (Wildman–Crippen LogP) is 3.26. The molecule has 0 saturated carbocycles. The summed E-state index contributed by atoms with van der Waals surface area (Å²) in [6, 6.07) is 7.15. The SMILES string of the molecule is C=C/C=C/c1ccccc1C(=O)Cl. The van der Waals surface area contributed by atoms with Crippen molar-refractivity contribution in [3.63, 3.8) is 0 Å². The summed E-state index contributed by atoms with van der Waals surface area (Å²) >= 11 is 5.39. The summed E-state index contributed by atoms with van der Waals surface area (Å²) in [5, 5.41) is -0.440. The zero-order chi connectivity index (χ0) is 9.68. The third kappa shape index (κ3) is 2.56. The van der Waals surface area contributed by atoms with Gasteiger partial charge >= 0.3 is 0 Å². The molecule has 0 fully saturated rings. The minimum absolute atomic E-state index is 0.440. The Hall–Kier alpha value is -1.34. The lowest BCUT2D eigenvalue weighted by Crippen LogP contribution is -1.91. The third-order valence-corrected chi connectivity index (χ3v) is 1.79. The van der Waals surface area contributed by atoms with E-state index >= 15 is 0 Å². The second-order valence-corrected chi connectivity index (χ2v) is 2.80. The van der Waals surface area contributed by atoms with E-state index in [1.54, 1.807) is 30.4 Å². The van der Waals surface area contributed by atoms with Crippen LogP contribution in [0.25, 0.3) is 6.08 Å². The molecule has 1 nitrogen and oxygen atoms in total. The van der Waals surface area contributed by atoms with Gasteiger partial charge in [0, 0.05) is 5.56 Å². The molecule has 0 N–H and O–H groups in total. The molecule has 0 aromatic heterocycles. The van der Waals surface area contributed by atoms with Crippen LogP contribution in [0.4, 0.5) is 0 Å². The van der Waals surface area contributed by atoms with Gasteiger partial charge in [-0.3, -0.25) is 4.79 Å². The summed E-state index contributed by atoms with van der Waals surface area (Å²) in [6.45, 7) is 3.55. The number of carbonyl (C=O) groups is 1. The molecule has 13 heavy (non-hydrogen) atoms. The first-order valence-electron chi connectivity index (χ1n) is 3.83. The van der Waals surface area contributed by atoms with Crippen LogP contribution in [0, 0.1) is 0 Å². The fourth-order valence-corrected chi connectivity index (χ4v) is 1.17. The van der Waals surface area contributed by atoms with Gasteiger partial charge in [0.05, 0.1) is 0 Å². The van der Waals surface area contributed by atoms with Crippen LogP contribution < -0.4 is 0 Å². The second-order valence-electron chi connectivity index (χ2n) is 2.46. The predicted molar refractivity (Wildman–Crippen MR) is 55.9 cm³/mol. The van der Waals surface area contributed by atoms with E-state index in [-0.39, 0.29) is 0 Å². The van der Waals surface area contributed by atoms with Crippen LogP contribution in [-0.4, -0.2) is 5.24 Å². The normalized spacial score (nSPS) is 10.2. The Balaban J connectivity index is 3.11. The van der Waals surface area contributed by atoms with Gasteiger partial charge in [-0.2, -0.15) is 0 Å². The zero-order valence-corrected chi connectivity index (χ0v) is 7.79. The molecule has 2 heteroatoms. The maximum Gasteiger partial charge on any atom is 0.252 e. The van der Waals surface area contributed by atoms with Crippen LogP contribution in [0.3, 0.4) is 0 Å². The van der Waals surface area contributed by atoms with E-state index in [1.165, 1.54) is 0 Å². The van der Waals surface area contributed by atoms with Gasteiger partial charge in [0.2, 0.25) is 0 Å². The van der Waals surface area contributed by atoms with Crippen LogP contribution >= 0.6 is 11.6 Å². The van der Waals surface area contributed by atoms with Gasteiger partial charge in [-0.15, -0.1) is 0 Å². The minimum atomic E-state index is -0.440. The average molecular weight is 193 g/mol. The Kier molecular flexibility index (Phi) is 3.47. The van der Waals surface area contributed by atoms with E-state index in [4.69, 9.17) is 11.6 Å². The quantitative estimate of drug-likeness (QED) is 0.531. The van der Waals surface area contributed by atoms with E-state index in [0.29, 0.717) is 5.56 Å². The fourth-order valence-electron chi connectivity index (χ4n) is 0.993. The summed E-state index contributed by atoms with van der Waals surface area (Å²) < 4.78 is 0. The molecule has 0 atom stereocenters. The topological polar surface area (TPSA) is 17.1 Å². The van der Waals surface area contributed by atoms with Gasteiger partial charge in [-0.1, -0.05) is 43.0 Å². The van der Waals surface area contributed by atoms with Gasteiger partial charge in [0.1, 0.15) is 0 Å². The first-order chi connectivity index (χ1) is 6.25. The molecule has 0 heterocycles. The molecule has 0 saturated heterocycles. The molecule has 1 aromatic rings. The first kappa shape index (κ1) is 9.75. The van der Waals surface area contributed by atoms with Crippen LogP contribution in [0.1, 0.15) is 15.9 Å². The van der Waals surface area contributed by atoms with Crippen LogP contribution in [-0.2, 0) is 0 Å². The van der Waals surface area contributed by atoms with Gasteiger partial charge in [0.15, 0.2) is 0 Å². The van der Waals surface area contributed by atoms with E-state index in [1.807, 2.05) is 12.1 Å². The van der Waals surface area contributed by atoms with Gasteiger partial charge in [-0.25, -0.2) is 0 Å². The second kappa shape index (κ2) is 4.63. The number of benzene rings is 1. The third-order valence-electron chi connectivity index (χ3n) is 1.58. The van der Waals surface area contributed by atoms with Crippen molar-refractivity contribution in [2.45, 2.75) is 0 Å². The molecule has 0 aliphatic rings. The Morgan fingerprint density at radius 3 is 2.69 bits per heavy atom. The summed E-state index contributed by atoms with van der Waals surface area (Å²) in [5.41, 5.74) is 1.32. The average Bonchev–Trinajstić information content (AvgIpc) is 2.15. The molecular weight excluding hydrogens is 184 g/mol. The molecule has 0 radical (unpaired) electrons. The Morgan fingerprint density at radius 2 is 2.08 bits per heavy atom. The number of halogens is 1. The highest BCUT2D eigenvalue weighted by molar-refractivity contribution is 6.68. The summed E-state index contributed by atoms with van der Waals surface area (Å²) in [7, 11) is 0. The zero-order valence-electron chi connectivity index (χ0n) is 7.03. The molecule has 0 aliphatic carbocycles. The van der Waals surface area contributed by atoms with Crippen molar-refractivity contribution in [2.75, 3.05) is 0 Å².